The molecule has 0 radical (unpaired) electrons. The predicted octanol–water partition coefficient (Wildman–Crippen LogP) is -2.49. The molecule has 0 saturated heterocycles. The molecule has 0 aromatic rings. The van der Waals surface area contributed by atoms with Gasteiger partial charge in [-0.1, -0.05) is 0 Å². The van der Waals surface area contributed by atoms with E-state index in [1.807, 2.05) is 0 Å². The van der Waals surface area contributed by atoms with Gasteiger partial charge in [0.15, 0.2) is 0 Å². The summed E-state index contributed by atoms with van der Waals surface area (Å²) >= 11 is 0. The molecule has 0 spiro atoms. The average Bonchev–Trinajstić information content (AvgIpc) is 0.811. The van der Waals surface area contributed by atoms with E-state index in [-0.39, 0.29) is 51.6 Å². The molecule has 0 aromatic carbocycles. The topological polar surface area (TPSA) is 86.0 Å². The van der Waals surface area contributed by atoms with Crippen LogP contribution in [0, 0.1) is 0 Å². The van der Waals surface area contributed by atoms with Gasteiger partial charge in [0.05, 0.1) is 0 Å². The largest absolute Gasteiger partial charge is 2.00 e. The third-order valence-corrected chi connectivity index (χ3v) is 0. The molecule has 0 atom stereocenters. The van der Waals surface area contributed by atoms with E-state index in [4.69, 9.17) is 14.1 Å². The quantitative estimate of drug-likeness (QED) is 0.367. The molecule has 0 rings (SSSR count). The first-order chi connectivity index (χ1) is 1.73. The van der Waals surface area contributed by atoms with Gasteiger partial charge in [0.2, 0.25) is 0 Å². The van der Waals surface area contributed by atoms with Crippen LogP contribution >= 0.6 is 0 Å². The van der Waals surface area contributed by atoms with E-state index < -0.39 is 9.17 Å². The summed E-state index contributed by atoms with van der Waals surface area (Å²) in [4.78, 5) is 14.3. The van der Waals surface area contributed by atoms with E-state index in [1.54, 1.807) is 0 Å². The maximum atomic E-state index is 8.74. The van der Waals surface area contributed by atoms with Crippen molar-refractivity contribution in [3.8, 4) is 0 Å². The molecule has 4 nitrogen and oxygen atoms in total. The van der Waals surface area contributed by atoms with Gasteiger partial charge in [0.1, 0.15) is 0 Å². The summed E-state index contributed by atoms with van der Waals surface area (Å²) in [6.07, 6.45) is 0. The summed E-state index contributed by atoms with van der Waals surface area (Å²) in [7, 11) is -3.13. The molecule has 0 bridgehead atoms. The van der Waals surface area contributed by atoms with Crippen LogP contribution in [0.15, 0.2) is 0 Å². The Morgan fingerprint density at radius 1 is 1.14 bits per heavy atom. The van der Waals surface area contributed by atoms with Gasteiger partial charge in [-0.15, -0.1) is 0 Å². The Labute approximate surface area is 74.4 Å². The van der Waals surface area contributed by atoms with Crippen LogP contribution in [0.2, 0.25) is 0 Å². The molecule has 32 valence electrons. The van der Waals surface area contributed by atoms with Gasteiger partial charge in [-0.2, -0.15) is 0 Å². The van der Waals surface area contributed by atoms with Crippen molar-refractivity contribution in [2.45, 2.75) is 0 Å². The van der Waals surface area contributed by atoms with E-state index in [2.05, 4.69) is 0 Å². The molecule has 7 heteroatoms. The van der Waals surface area contributed by atoms with Crippen molar-refractivity contribution in [2.75, 3.05) is 0 Å². The van der Waals surface area contributed by atoms with Crippen molar-refractivity contribution in [2.24, 2.45) is 0 Å². The fraction of sp³-hybridized carbons (Fsp3) is 0. The molecule has 0 amide bonds. The zero-order valence-corrected chi connectivity index (χ0v) is 7.45. The minimum atomic E-state index is -3.13. The van der Waals surface area contributed by atoms with Gasteiger partial charge < -0.3 is 15.1 Å². The monoisotopic (exact) mass is 142 g/mol. The molecule has 0 unspecified atom stereocenters. The SMILES string of the molecule is O=[Si](O)O.[Mg+2].[Mg+2].[O-2]. The van der Waals surface area contributed by atoms with Crippen LogP contribution in [-0.2, 0) is 9.94 Å². The van der Waals surface area contributed by atoms with Crippen LogP contribution in [0.4, 0.5) is 0 Å². The smallest absolute Gasteiger partial charge is 2.00 e. The predicted molar refractivity (Wildman–Crippen MR) is 23.1 cm³/mol. The zero-order chi connectivity index (χ0) is 3.58. The summed E-state index contributed by atoms with van der Waals surface area (Å²) in [6.45, 7) is 0. The molecule has 0 heterocycles. The van der Waals surface area contributed by atoms with E-state index in [9.17, 15) is 0 Å². The van der Waals surface area contributed by atoms with Crippen molar-refractivity contribution in [3.63, 3.8) is 0 Å². The van der Waals surface area contributed by atoms with Crippen molar-refractivity contribution in [1.82, 2.24) is 0 Å². The normalized spacial score (nSPS) is 3.43. The number of rotatable bonds is 0. The third-order valence-electron chi connectivity index (χ3n) is 0. The second-order valence-corrected chi connectivity index (χ2v) is 0.848. The standard InChI is InChI=1S/2Mg.H2O3Si.O/c;;1-4(2)3;/h;;1-2H;/q2*+2;;-2. The molecule has 7 heavy (non-hydrogen) atoms. The first kappa shape index (κ1) is 24.3. The van der Waals surface area contributed by atoms with Crippen molar-refractivity contribution >= 4 is 55.3 Å². The van der Waals surface area contributed by atoms with Gasteiger partial charge in [0, 0.05) is 0 Å². The third kappa shape index (κ3) is 151. The Morgan fingerprint density at radius 2 is 1.14 bits per heavy atom. The summed E-state index contributed by atoms with van der Waals surface area (Å²) in [5.74, 6) is 0. The van der Waals surface area contributed by atoms with Crippen LogP contribution in [-0.4, -0.2) is 64.9 Å². The molecule has 2 N–H and O–H groups in total. The van der Waals surface area contributed by atoms with E-state index in [1.165, 1.54) is 0 Å². The molecule has 0 aromatic heterocycles. The van der Waals surface area contributed by atoms with Gasteiger partial charge in [-0.3, -0.25) is 4.46 Å². The van der Waals surface area contributed by atoms with Gasteiger partial charge in [0.25, 0.3) is 0 Å². The first-order valence-electron chi connectivity index (χ1n) is 0.651. The Bertz CT molecular complexity index is 32.7. The van der Waals surface area contributed by atoms with E-state index in [0.717, 1.165) is 0 Å². The Balaban J connectivity index is -0.0000000150. The van der Waals surface area contributed by atoms with Gasteiger partial charge in [-0.25, -0.2) is 0 Å². The maximum absolute atomic E-state index is 8.74. The van der Waals surface area contributed by atoms with Crippen molar-refractivity contribution < 1.29 is 19.5 Å². The van der Waals surface area contributed by atoms with Crippen LogP contribution in [0.3, 0.4) is 0 Å². The minimum absolute atomic E-state index is 0. The van der Waals surface area contributed by atoms with Gasteiger partial charge in [-0.05, 0) is 0 Å². The van der Waals surface area contributed by atoms with Crippen LogP contribution in [0.5, 0.6) is 0 Å². The maximum Gasteiger partial charge on any atom is 2.00 e. The first-order valence-corrected chi connectivity index (χ1v) is 1.95. The Kier molecular flexibility index (Phi) is 54.5. The van der Waals surface area contributed by atoms with E-state index >= 15 is 0 Å². The number of hydrogen-bond donors (Lipinski definition) is 2. The fourth-order valence-corrected chi connectivity index (χ4v) is 0. The molecular formula is H2Mg2O4Si+2. The Morgan fingerprint density at radius 3 is 1.14 bits per heavy atom. The summed E-state index contributed by atoms with van der Waals surface area (Å²) in [5.41, 5.74) is 0. The van der Waals surface area contributed by atoms with Gasteiger partial charge >= 0.3 is 55.3 Å². The minimum Gasteiger partial charge on any atom is -2.00 e. The van der Waals surface area contributed by atoms with Crippen molar-refractivity contribution in [1.29, 1.82) is 0 Å². The van der Waals surface area contributed by atoms with Crippen LogP contribution in [0.1, 0.15) is 0 Å². The van der Waals surface area contributed by atoms with Crippen molar-refractivity contribution in [3.05, 3.63) is 0 Å². The molecule has 0 aliphatic rings. The zero-order valence-electron chi connectivity index (χ0n) is 3.63. The Hall–Kier alpha value is 1.11. The summed E-state index contributed by atoms with van der Waals surface area (Å²) < 4.78 is 8.74. The summed E-state index contributed by atoms with van der Waals surface area (Å²) in [5, 5.41) is 0. The van der Waals surface area contributed by atoms with Crippen LogP contribution < -0.4 is 0 Å². The molecule has 0 aliphatic heterocycles. The van der Waals surface area contributed by atoms with Crippen LogP contribution in [0.25, 0.3) is 0 Å². The molecule has 0 saturated carbocycles. The average molecular weight is 143 g/mol. The molecule has 0 aliphatic carbocycles. The van der Waals surface area contributed by atoms with E-state index in [0.29, 0.717) is 0 Å². The summed E-state index contributed by atoms with van der Waals surface area (Å²) in [6, 6.07) is 0. The fourth-order valence-electron chi connectivity index (χ4n) is 0. The number of hydrogen-bond acceptors (Lipinski definition) is 1. The second kappa shape index (κ2) is 15.7. The molecular weight excluding hydrogens is 141 g/mol. The second-order valence-electron chi connectivity index (χ2n) is 0.283. The molecule has 0 fully saturated rings.